The van der Waals surface area contributed by atoms with E-state index in [1.807, 2.05) is 25.1 Å². The van der Waals surface area contributed by atoms with Crippen LogP contribution in [0.1, 0.15) is 36.0 Å². The molecule has 12 heteroatoms. The van der Waals surface area contributed by atoms with E-state index >= 15 is 0 Å². The first-order valence-electron chi connectivity index (χ1n) is 14.4. The molecule has 1 aromatic carbocycles. The van der Waals surface area contributed by atoms with E-state index in [1.165, 1.54) is 4.90 Å². The predicted octanol–water partition coefficient (Wildman–Crippen LogP) is 0.119. The van der Waals surface area contributed by atoms with E-state index in [2.05, 4.69) is 10.6 Å². The largest absolute Gasteiger partial charge is 0.508 e. The maximum absolute atomic E-state index is 14.1. The van der Waals surface area contributed by atoms with Crippen LogP contribution in [0.2, 0.25) is 0 Å². The van der Waals surface area contributed by atoms with E-state index in [-0.39, 0.29) is 29.7 Å². The van der Waals surface area contributed by atoms with Gasteiger partial charge in [-0.1, -0.05) is 0 Å². The number of aliphatic hydroxyl groups is 3. The van der Waals surface area contributed by atoms with Crippen LogP contribution in [-0.4, -0.2) is 102 Å². The van der Waals surface area contributed by atoms with Gasteiger partial charge in [0.15, 0.2) is 11.4 Å². The minimum Gasteiger partial charge on any atom is -0.508 e. The number of hydrogen-bond acceptors (Lipinski definition) is 11. The summed E-state index contributed by atoms with van der Waals surface area (Å²) in [6, 6.07) is 0.765. The summed E-state index contributed by atoms with van der Waals surface area (Å²) in [5.41, 5.74) is 3.84. The molecule has 1 saturated heterocycles. The van der Waals surface area contributed by atoms with E-state index in [4.69, 9.17) is 5.73 Å². The van der Waals surface area contributed by atoms with Gasteiger partial charge in [-0.25, -0.2) is 0 Å². The van der Waals surface area contributed by atoms with Crippen molar-refractivity contribution >= 4 is 28.9 Å². The molecular formula is C30H41N5O7. The van der Waals surface area contributed by atoms with Gasteiger partial charge in [0.1, 0.15) is 22.8 Å². The predicted molar refractivity (Wildman–Crippen MR) is 156 cm³/mol. The molecule has 1 aliphatic heterocycles. The average Bonchev–Trinajstić information content (AvgIpc) is 2.92. The lowest BCUT2D eigenvalue weighted by molar-refractivity contribution is -0.153. The molecular weight excluding hydrogens is 542 g/mol. The third kappa shape index (κ3) is 4.57. The summed E-state index contributed by atoms with van der Waals surface area (Å²) in [4.78, 5) is 42.9. The highest BCUT2D eigenvalue weighted by Gasteiger charge is 2.64. The van der Waals surface area contributed by atoms with Gasteiger partial charge in [0.2, 0.25) is 5.78 Å². The number of phenols is 1. The zero-order chi connectivity index (χ0) is 30.7. The minimum atomic E-state index is -2.65. The summed E-state index contributed by atoms with van der Waals surface area (Å²) in [6.45, 7) is 3.06. The van der Waals surface area contributed by atoms with Crippen molar-refractivity contribution in [1.82, 2.24) is 15.5 Å². The number of aliphatic hydroxyl groups excluding tert-OH is 2. The monoisotopic (exact) mass is 583 g/mol. The third-order valence-electron chi connectivity index (χ3n) is 9.47. The summed E-state index contributed by atoms with van der Waals surface area (Å²) in [5, 5.41) is 52.7. The number of nitrogens with two attached hydrogens (primary N) is 1. The Hall–Kier alpha value is -3.45. The molecule has 1 amide bonds. The van der Waals surface area contributed by atoms with Crippen LogP contribution in [0.15, 0.2) is 23.0 Å². The second kappa shape index (κ2) is 11.0. The van der Waals surface area contributed by atoms with Gasteiger partial charge >= 0.3 is 0 Å². The van der Waals surface area contributed by atoms with Crippen LogP contribution >= 0.6 is 0 Å². The summed E-state index contributed by atoms with van der Waals surface area (Å²) < 4.78 is 0. The number of amides is 1. The van der Waals surface area contributed by atoms with Gasteiger partial charge in [0, 0.05) is 43.4 Å². The van der Waals surface area contributed by atoms with Crippen LogP contribution in [0.4, 0.5) is 5.69 Å². The van der Waals surface area contributed by atoms with Gasteiger partial charge < -0.3 is 41.7 Å². The molecule has 0 spiro atoms. The minimum absolute atomic E-state index is 0.0545. The van der Waals surface area contributed by atoms with Gasteiger partial charge in [0.25, 0.3) is 5.91 Å². The van der Waals surface area contributed by atoms with Crippen molar-refractivity contribution in [3.63, 3.8) is 0 Å². The highest BCUT2D eigenvalue weighted by Crippen LogP contribution is 2.54. The van der Waals surface area contributed by atoms with Crippen molar-refractivity contribution in [2.75, 3.05) is 52.7 Å². The maximum Gasteiger partial charge on any atom is 0.255 e. The first-order chi connectivity index (χ1) is 19.8. The van der Waals surface area contributed by atoms with Crippen molar-refractivity contribution in [3.05, 3.63) is 39.7 Å². The molecule has 228 valence electrons. The average molecular weight is 584 g/mol. The van der Waals surface area contributed by atoms with Gasteiger partial charge in [-0.05, 0) is 82.9 Å². The summed E-state index contributed by atoms with van der Waals surface area (Å²) in [5.74, 6) is -5.98. The van der Waals surface area contributed by atoms with Crippen molar-refractivity contribution < 1.29 is 34.8 Å². The molecule has 42 heavy (non-hydrogen) atoms. The van der Waals surface area contributed by atoms with Gasteiger partial charge in [-0.2, -0.15) is 0 Å². The number of rotatable bonds is 7. The normalized spacial score (nSPS) is 28.1. The lowest BCUT2D eigenvalue weighted by Crippen LogP contribution is -2.65. The fourth-order valence-corrected chi connectivity index (χ4v) is 7.38. The first-order valence-corrected chi connectivity index (χ1v) is 14.4. The van der Waals surface area contributed by atoms with Crippen LogP contribution < -0.4 is 21.3 Å². The lowest BCUT2D eigenvalue weighted by atomic mass is 9.57. The number of piperidine rings is 1. The number of benzene rings is 1. The molecule has 4 aliphatic rings. The zero-order valence-electron chi connectivity index (χ0n) is 24.5. The number of carbonyl (C=O) groups is 3. The Morgan fingerprint density at radius 1 is 1.14 bits per heavy atom. The molecule has 0 radical (unpaired) electrons. The number of nitrogens with one attached hydrogen (secondary N) is 2. The number of anilines is 1. The molecule has 1 unspecified atom stereocenters. The van der Waals surface area contributed by atoms with Crippen molar-refractivity contribution in [2.24, 2.45) is 23.5 Å². The van der Waals surface area contributed by atoms with Crippen LogP contribution in [0.25, 0.3) is 5.76 Å². The fourth-order valence-electron chi connectivity index (χ4n) is 7.38. The molecule has 0 bridgehead atoms. The van der Waals surface area contributed by atoms with Gasteiger partial charge in [-0.3, -0.25) is 19.3 Å². The lowest BCUT2D eigenvalue weighted by Gasteiger charge is -2.50. The highest BCUT2D eigenvalue weighted by molar-refractivity contribution is 6.24. The number of Topliss-reactive ketones (excluding diaryl/α,β-unsaturated/α-hetero) is 2. The summed E-state index contributed by atoms with van der Waals surface area (Å²) in [7, 11) is 6.87. The van der Waals surface area contributed by atoms with Gasteiger partial charge in [-0.15, -0.1) is 0 Å². The maximum atomic E-state index is 14.1. The standard InChI is InChI=1S/C30H41N5O7/c1-34(2)19-11-16(13-33-12-14-5-7-32-8-6-14)24(36)21-17(19)9-15-10-18-23(35(3)4)26(38)22(29(31)41)28(40)30(18,42)27(39)20(15)25(21)37/h11,14-15,18,23,32-33,36-37,40,42H,5-10,12-13H2,1-4H3,(H2,31,41)/t15-,18-,23?,30+/m1/s1. The SMILES string of the molecule is CN(C)c1cc(CNCC2CCNCC2)c(O)c2c1C[C@@H]1C[C@@H]3C(N(C)C)C(=O)C(C(N)=O)=C(O)[C@@]3(O)C(=O)C1=C2O. The number of carbonyl (C=O) groups excluding carboxylic acids is 3. The molecule has 5 rings (SSSR count). The molecule has 1 aromatic rings. The highest BCUT2D eigenvalue weighted by atomic mass is 16.3. The molecule has 0 aromatic heterocycles. The van der Waals surface area contributed by atoms with Crippen molar-refractivity contribution in [3.8, 4) is 5.75 Å². The number of nitrogens with zero attached hydrogens (tertiary/aromatic N) is 2. The van der Waals surface area contributed by atoms with E-state index in [1.54, 1.807) is 14.1 Å². The second-order valence-electron chi connectivity index (χ2n) is 12.4. The zero-order valence-corrected chi connectivity index (χ0v) is 24.5. The molecule has 4 atom stereocenters. The second-order valence-corrected chi connectivity index (χ2v) is 12.4. The number of fused-ring (bicyclic) bond motifs is 3. The van der Waals surface area contributed by atoms with E-state index in [0.29, 0.717) is 23.6 Å². The molecule has 2 fully saturated rings. The quantitative estimate of drug-likeness (QED) is 0.216. The molecule has 8 N–H and O–H groups in total. The van der Waals surface area contributed by atoms with E-state index < -0.39 is 58.0 Å². The Bertz CT molecular complexity index is 1390. The topological polar surface area (TPSA) is 189 Å². The van der Waals surface area contributed by atoms with Crippen LogP contribution in [-0.2, 0) is 27.3 Å². The van der Waals surface area contributed by atoms with Crippen LogP contribution in [0.3, 0.4) is 0 Å². The van der Waals surface area contributed by atoms with E-state index in [0.717, 1.165) is 38.2 Å². The van der Waals surface area contributed by atoms with Crippen LogP contribution in [0, 0.1) is 17.8 Å². The first kappa shape index (κ1) is 30.0. The molecule has 1 heterocycles. The Morgan fingerprint density at radius 2 is 1.81 bits per heavy atom. The Morgan fingerprint density at radius 3 is 2.40 bits per heavy atom. The number of primary amides is 1. The Kier molecular flexibility index (Phi) is 7.86. The fraction of sp³-hybridized carbons (Fsp3) is 0.567. The molecule has 3 aliphatic carbocycles. The van der Waals surface area contributed by atoms with Crippen LogP contribution in [0.5, 0.6) is 5.75 Å². The van der Waals surface area contributed by atoms with Crippen molar-refractivity contribution in [2.45, 2.75) is 43.9 Å². The van der Waals surface area contributed by atoms with Gasteiger partial charge in [0.05, 0.1) is 11.6 Å². The summed E-state index contributed by atoms with van der Waals surface area (Å²) in [6.07, 6.45) is 2.42. The Balaban J connectivity index is 1.60. The van der Waals surface area contributed by atoms with Crippen molar-refractivity contribution in [1.29, 1.82) is 0 Å². The number of ketones is 2. The third-order valence-corrected chi connectivity index (χ3v) is 9.47. The summed E-state index contributed by atoms with van der Waals surface area (Å²) >= 11 is 0. The smallest absolute Gasteiger partial charge is 0.255 e. The Labute approximate surface area is 244 Å². The molecule has 1 saturated carbocycles. The van der Waals surface area contributed by atoms with E-state index in [9.17, 15) is 34.8 Å². The number of aromatic hydroxyl groups is 1. The number of phenolic OH excluding ortho intramolecular Hbond substituents is 1. The molecule has 12 nitrogen and oxygen atoms in total. The number of hydrogen-bond donors (Lipinski definition) is 7. The number of likely N-dealkylation sites (N-methyl/N-ethyl adjacent to an activating group) is 1.